The second-order valence-electron chi connectivity index (χ2n) is 4.19. The lowest BCUT2D eigenvalue weighted by molar-refractivity contribution is 0.529. The zero-order chi connectivity index (χ0) is 11.1. The Labute approximate surface area is 98.4 Å². The molecule has 1 aliphatic carbocycles. The number of nitrogen functional groups attached to an aromatic ring is 1. The summed E-state index contributed by atoms with van der Waals surface area (Å²) in [7, 11) is 0. The van der Waals surface area contributed by atoms with E-state index in [0.29, 0.717) is 11.2 Å². The Morgan fingerprint density at radius 2 is 2.12 bits per heavy atom. The van der Waals surface area contributed by atoms with E-state index in [9.17, 15) is 0 Å². The summed E-state index contributed by atoms with van der Waals surface area (Å²) in [5, 5.41) is 1.25. The molecule has 0 atom stereocenters. The highest BCUT2D eigenvalue weighted by Crippen LogP contribution is 2.33. The Kier molecular flexibility index (Phi) is 2.24. The van der Waals surface area contributed by atoms with Crippen molar-refractivity contribution in [2.45, 2.75) is 31.7 Å². The zero-order valence-corrected chi connectivity index (χ0v) is 9.54. The molecule has 1 aliphatic rings. The molecule has 1 saturated carbocycles. The van der Waals surface area contributed by atoms with Crippen molar-refractivity contribution >= 4 is 28.6 Å². The molecule has 1 radical (unpaired) electrons. The van der Waals surface area contributed by atoms with Crippen LogP contribution < -0.4 is 5.73 Å². The molecule has 0 unspecified atom stereocenters. The summed E-state index contributed by atoms with van der Waals surface area (Å²) in [5.74, 6) is 0.226. The van der Waals surface area contributed by atoms with Crippen LogP contribution in [0.4, 0.5) is 5.95 Å². The number of fused-ring (bicyclic) bond motifs is 1. The fourth-order valence-electron chi connectivity index (χ4n) is 2.39. The zero-order valence-electron chi connectivity index (χ0n) is 8.78. The van der Waals surface area contributed by atoms with E-state index < -0.39 is 0 Å². The van der Waals surface area contributed by atoms with Gasteiger partial charge in [-0.15, -0.1) is 0 Å². The average molecular weight is 236 g/mol. The Hall–Kier alpha value is -1.29. The van der Waals surface area contributed by atoms with Gasteiger partial charge in [-0.1, -0.05) is 24.4 Å². The largest absolute Gasteiger partial charge is 0.368 e. The summed E-state index contributed by atoms with van der Waals surface area (Å²) in [6, 6.07) is 2.33. The fraction of sp³-hybridized carbons (Fsp3) is 0.455. The van der Waals surface area contributed by atoms with Gasteiger partial charge in [0.05, 0.1) is 11.6 Å². The number of hydrogen-bond acceptors (Lipinski definition) is 3. The molecule has 5 heteroatoms. The van der Waals surface area contributed by atoms with Crippen LogP contribution in [0, 0.1) is 6.20 Å². The quantitative estimate of drug-likeness (QED) is 0.773. The van der Waals surface area contributed by atoms with E-state index in [1.165, 1.54) is 25.7 Å². The van der Waals surface area contributed by atoms with Crippen molar-refractivity contribution in [1.82, 2.24) is 14.5 Å². The molecule has 0 aromatic carbocycles. The average Bonchev–Trinajstić information content (AvgIpc) is 2.83. The van der Waals surface area contributed by atoms with E-state index in [4.69, 9.17) is 17.3 Å². The fourth-order valence-corrected chi connectivity index (χ4v) is 2.62. The summed E-state index contributed by atoms with van der Waals surface area (Å²) in [6.07, 6.45) is 8.10. The molecule has 16 heavy (non-hydrogen) atoms. The smallest absolute Gasteiger partial charge is 0.223 e. The third-order valence-electron chi connectivity index (χ3n) is 3.16. The first kappa shape index (κ1) is 9.90. The molecule has 1 fully saturated rings. The van der Waals surface area contributed by atoms with Crippen LogP contribution in [-0.4, -0.2) is 14.5 Å². The van der Waals surface area contributed by atoms with Gasteiger partial charge in [-0.05, 0) is 18.9 Å². The molecule has 0 bridgehead atoms. The normalized spacial score (nSPS) is 17.3. The van der Waals surface area contributed by atoms with Gasteiger partial charge in [0.15, 0.2) is 0 Å². The predicted molar refractivity (Wildman–Crippen MR) is 63.3 cm³/mol. The van der Waals surface area contributed by atoms with Crippen LogP contribution in [0.15, 0.2) is 6.07 Å². The van der Waals surface area contributed by atoms with E-state index in [1.54, 1.807) is 0 Å². The molecule has 2 N–H and O–H groups in total. The molecule has 0 saturated heterocycles. The standard InChI is InChI=1S/C11H12ClN4/c12-9-8-5-6-16(7-3-1-2-4-7)10(8)15-11(13)14-9/h5,7H,1-4H2,(H2,13,14,15). The molecule has 0 aliphatic heterocycles. The Morgan fingerprint density at radius 3 is 2.88 bits per heavy atom. The minimum atomic E-state index is 0.226. The van der Waals surface area contributed by atoms with E-state index in [0.717, 1.165) is 11.0 Å². The van der Waals surface area contributed by atoms with Gasteiger partial charge in [-0.2, -0.15) is 4.98 Å². The lowest BCUT2D eigenvalue weighted by Crippen LogP contribution is -2.05. The number of halogens is 1. The van der Waals surface area contributed by atoms with Crippen molar-refractivity contribution in [2.75, 3.05) is 5.73 Å². The molecular weight excluding hydrogens is 224 g/mol. The third kappa shape index (κ3) is 1.45. The number of nitrogens with zero attached hydrogens (tertiary/aromatic N) is 3. The maximum atomic E-state index is 6.02. The molecule has 2 heterocycles. The van der Waals surface area contributed by atoms with E-state index in [1.807, 2.05) is 6.07 Å². The van der Waals surface area contributed by atoms with Crippen LogP contribution in [-0.2, 0) is 0 Å². The van der Waals surface area contributed by atoms with Crippen LogP contribution in [0.1, 0.15) is 31.7 Å². The first-order valence-electron chi connectivity index (χ1n) is 5.47. The Bertz CT molecular complexity index is 528. The summed E-state index contributed by atoms with van der Waals surface area (Å²) < 4.78 is 2.06. The lowest BCUT2D eigenvalue weighted by atomic mass is 10.2. The van der Waals surface area contributed by atoms with Gasteiger partial charge in [-0.3, -0.25) is 0 Å². The predicted octanol–water partition coefficient (Wildman–Crippen LogP) is 2.58. The lowest BCUT2D eigenvalue weighted by Gasteiger charge is -2.12. The molecule has 4 nitrogen and oxygen atoms in total. The minimum absolute atomic E-state index is 0.226. The van der Waals surface area contributed by atoms with E-state index in [2.05, 4.69) is 20.7 Å². The van der Waals surface area contributed by atoms with Gasteiger partial charge >= 0.3 is 0 Å². The van der Waals surface area contributed by atoms with Gasteiger partial charge in [0.25, 0.3) is 0 Å². The van der Waals surface area contributed by atoms with Crippen molar-refractivity contribution in [3.8, 4) is 0 Å². The van der Waals surface area contributed by atoms with Gasteiger partial charge in [0.2, 0.25) is 5.95 Å². The monoisotopic (exact) mass is 235 g/mol. The van der Waals surface area contributed by atoms with E-state index in [-0.39, 0.29) is 5.95 Å². The van der Waals surface area contributed by atoms with Crippen LogP contribution in [0.2, 0.25) is 5.15 Å². The van der Waals surface area contributed by atoms with Crippen molar-refractivity contribution in [1.29, 1.82) is 0 Å². The van der Waals surface area contributed by atoms with E-state index >= 15 is 0 Å². The number of anilines is 1. The van der Waals surface area contributed by atoms with Crippen LogP contribution >= 0.6 is 11.6 Å². The highest BCUT2D eigenvalue weighted by atomic mass is 35.5. The van der Waals surface area contributed by atoms with Crippen molar-refractivity contribution in [3.05, 3.63) is 17.4 Å². The van der Waals surface area contributed by atoms with Gasteiger partial charge < -0.3 is 10.3 Å². The minimum Gasteiger partial charge on any atom is -0.368 e. The van der Waals surface area contributed by atoms with Crippen LogP contribution in [0.5, 0.6) is 0 Å². The second kappa shape index (κ2) is 3.63. The Balaban J connectivity index is 2.18. The number of rotatable bonds is 1. The molecule has 0 amide bonds. The molecule has 2 aromatic rings. The third-order valence-corrected chi connectivity index (χ3v) is 3.45. The number of nitrogens with two attached hydrogens (primary N) is 1. The first-order valence-corrected chi connectivity index (χ1v) is 5.85. The maximum Gasteiger partial charge on any atom is 0.223 e. The van der Waals surface area contributed by atoms with Crippen molar-refractivity contribution in [2.24, 2.45) is 0 Å². The van der Waals surface area contributed by atoms with Crippen molar-refractivity contribution < 1.29 is 0 Å². The summed E-state index contributed by atoms with van der Waals surface area (Å²) in [5.41, 5.74) is 6.43. The highest BCUT2D eigenvalue weighted by Gasteiger charge is 2.20. The molecule has 2 aromatic heterocycles. The SMILES string of the molecule is Nc1nc(Cl)c2c[c]n(C3CCCC3)c2n1. The highest BCUT2D eigenvalue weighted by molar-refractivity contribution is 6.34. The maximum absolute atomic E-state index is 6.02. The van der Waals surface area contributed by atoms with Crippen LogP contribution in [0.3, 0.4) is 0 Å². The summed E-state index contributed by atoms with van der Waals surface area (Å²) in [4.78, 5) is 8.20. The molecule has 0 spiro atoms. The summed E-state index contributed by atoms with van der Waals surface area (Å²) in [6.45, 7) is 0. The topological polar surface area (TPSA) is 56.7 Å². The van der Waals surface area contributed by atoms with Gasteiger partial charge in [0.1, 0.15) is 10.8 Å². The molecule has 83 valence electrons. The second-order valence-corrected chi connectivity index (χ2v) is 4.55. The van der Waals surface area contributed by atoms with Gasteiger partial charge in [0, 0.05) is 6.04 Å². The first-order chi connectivity index (χ1) is 7.75. The number of aromatic nitrogens is 3. The molecular formula is C11H12ClN4. The Morgan fingerprint density at radius 1 is 1.38 bits per heavy atom. The van der Waals surface area contributed by atoms with Gasteiger partial charge in [-0.25, -0.2) is 4.98 Å². The summed E-state index contributed by atoms with van der Waals surface area (Å²) >= 11 is 6.02. The molecule has 3 rings (SSSR count). The number of hydrogen-bond donors (Lipinski definition) is 1. The van der Waals surface area contributed by atoms with Crippen molar-refractivity contribution in [3.63, 3.8) is 0 Å². The van der Waals surface area contributed by atoms with Crippen LogP contribution in [0.25, 0.3) is 11.0 Å².